The molecule has 111 heavy (non-hydrogen) atoms. The molecule has 13 amide bonds. The van der Waals surface area contributed by atoms with Gasteiger partial charge in [-0.1, -0.05) is 158 Å². The molecule has 2 fully saturated rings. The second kappa shape index (κ2) is 43.7. The summed E-state index contributed by atoms with van der Waals surface area (Å²) in [4.78, 5) is 202. The molecule has 2 saturated heterocycles. The van der Waals surface area contributed by atoms with Gasteiger partial charge in [0.15, 0.2) is 0 Å². The number of nitrogens with two attached hydrogens (primary N) is 1. The second-order valence-electron chi connectivity index (χ2n) is 30.3. The van der Waals surface area contributed by atoms with Crippen molar-refractivity contribution >= 4 is 88.8 Å². The highest BCUT2D eigenvalue weighted by molar-refractivity contribution is 6.03. The molecule has 30 nitrogen and oxygen atoms in total. The van der Waals surface area contributed by atoms with E-state index in [0.717, 1.165) is 30.3 Å². The summed E-state index contributed by atoms with van der Waals surface area (Å²) in [6, 6.07) is -4.47. The molecule has 2 aromatic rings. The lowest BCUT2D eigenvalue weighted by molar-refractivity contribution is -0.157. The molecule has 616 valence electrons. The van der Waals surface area contributed by atoms with E-state index < -0.39 is 221 Å². The summed E-state index contributed by atoms with van der Waals surface area (Å²) >= 11 is 0. The van der Waals surface area contributed by atoms with Crippen molar-refractivity contribution in [2.45, 2.75) is 254 Å². The van der Waals surface area contributed by atoms with Crippen molar-refractivity contribution in [3.63, 3.8) is 0 Å². The maximum Gasteiger partial charge on any atom is 0.416 e. The summed E-state index contributed by atoms with van der Waals surface area (Å²) in [7, 11) is 0. The molecule has 33 heteroatoms. The lowest BCUT2D eigenvalue weighted by Gasteiger charge is -2.33. The number of hydrogen-bond acceptors (Lipinski definition) is 17. The summed E-state index contributed by atoms with van der Waals surface area (Å²) < 4.78 is 45.3. The number of aliphatic hydroxyl groups is 1. The van der Waals surface area contributed by atoms with Gasteiger partial charge in [0.05, 0.1) is 11.7 Å². The number of rotatable bonds is 31. The predicted octanol–water partition coefficient (Wildman–Crippen LogP) is 2.74. The molecule has 0 aliphatic carbocycles. The first-order valence-electron chi connectivity index (χ1n) is 38.1. The molecule has 0 radical (unpaired) electrons. The van der Waals surface area contributed by atoms with Crippen molar-refractivity contribution < 1.29 is 90.1 Å². The molecule has 2 aromatic carbocycles. The van der Waals surface area contributed by atoms with Crippen LogP contribution in [-0.2, 0) is 84.5 Å². The summed E-state index contributed by atoms with van der Waals surface area (Å²) in [5, 5.41) is 42.6. The van der Waals surface area contributed by atoms with Crippen LogP contribution < -0.4 is 69.5 Å². The Balaban J connectivity index is 1.61. The number of ether oxygens (including phenoxy) is 1. The minimum atomic E-state index is -4.58. The number of hydrogen-bond donors (Lipinski definition) is 14. The largest absolute Gasteiger partial charge is 0.458 e. The molecule has 0 aromatic heterocycles. The van der Waals surface area contributed by atoms with Crippen molar-refractivity contribution in [3.8, 4) is 0 Å². The molecule has 2 heterocycles. The zero-order valence-corrected chi connectivity index (χ0v) is 66.6. The lowest BCUT2D eigenvalue weighted by atomic mass is 9.95. The Morgan fingerprint density at radius 1 is 0.631 bits per heavy atom. The summed E-state index contributed by atoms with van der Waals surface area (Å²) in [6.45, 7) is 26.9. The number of likely N-dealkylation sites (tertiary alicyclic amines) is 1. The minimum absolute atomic E-state index is 0.0275. The third kappa shape index (κ3) is 27.6. The van der Waals surface area contributed by atoms with E-state index >= 15 is 9.59 Å². The molecular weight excluding hydrogens is 1450 g/mol. The van der Waals surface area contributed by atoms with E-state index in [0.29, 0.717) is 12.0 Å². The Labute approximate surface area is 648 Å². The maximum atomic E-state index is 15.1. The highest BCUT2D eigenvalue weighted by Crippen LogP contribution is 2.30. The number of nitrogens with zero attached hydrogens (tertiary/aromatic N) is 1. The molecule has 0 saturated carbocycles. The molecule has 15 N–H and O–H groups in total. The van der Waals surface area contributed by atoms with E-state index in [1.807, 2.05) is 0 Å². The van der Waals surface area contributed by atoms with Gasteiger partial charge < -0.3 is 84.3 Å². The number of aliphatic hydroxyl groups excluding tert-OH is 1. The first kappa shape index (κ1) is 93.6. The van der Waals surface area contributed by atoms with Crippen molar-refractivity contribution in [1.82, 2.24) is 68.7 Å². The number of carbonyl (C=O) groups is 14. The zero-order valence-electron chi connectivity index (χ0n) is 66.6. The van der Waals surface area contributed by atoms with Crippen LogP contribution in [0.25, 0.3) is 6.08 Å². The van der Waals surface area contributed by atoms with Gasteiger partial charge in [-0.15, -0.1) is 0 Å². The van der Waals surface area contributed by atoms with Gasteiger partial charge in [0.1, 0.15) is 84.3 Å². The van der Waals surface area contributed by atoms with Crippen LogP contribution in [-0.4, -0.2) is 191 Å². The Bertz CT molecular complexity index is 3630. The number of nitrogens with one attached hydrogen (secondary N) is 12. The number of cyclic esters (lactones) is 1. The molecule has 0 unspecified atom stereocenters. The maximum absolute atomic E-state index is 15.1. The smallest absolute Gasteiger partial charge is 0.416 e. The first-order chi connectivity index (χ1) is 52.0. The van der Waals surface area contributed by atoms with Gasteiger partial charge in [0, 0.05) is 19.0 Å². The van der Waals surface area contributed by atoms with Crippen LogP contribution in [0.15, 0.2) is 72.4 Å². The molecule has 0 spiro atoms. The van der Waals surface area contributed by atoms with Crippen LogP contribution in [0.2, 0.25) is 0 Å². The molecule has 2 aliphatic rings. The number of carbonyl (C=O) groups excluding carboxylic acids is 14. The highest BCUT2D eigenvalue weighted by Gasteiger charge is 2.45. The number of benzene rings is 2. The van der Waals surface area contributed by atoms with E-state index in [-0.39, 0.29) is 62.9 Å². The number of halogens is 3. The van der Waals surface area contributed by atoms with Crippen LogP contribution in [0.3, 0.4) is 0 Å². The van der Waals surface area contributed by atoms with Gasteiger partial charge in [-0.3, -0.25) is 62.3 Å². The zero-order chi connectivity index (χ0) is 83.6. The average Bonchev–Trinajstić information content (AvgIpc) is 1.75. The SMILES string of the molecule is C/C=C1\NC(=O)[C@H](Cc2ccccc2)NC(=O)[C@@H](C(C)C)NC(=O)[C@@H]([C@H](C)CC)NC(=O)[C@H](NC(=O)[C@H](NC(=O)[C@H](CCCN)NC(=O)[C@H]2CCCN2C(=O)[C@H](NC(=O)[C@@H](NC(=O)[C@@H](NC(=O)[C@H](NC(=O)/C=C/c2ccc(C(F)(F)F)cc2)C(C)C)[C@@H](C)O)C(C)C)C(C)C)[C@H](C)CC)[C@H](C)OC(=O)[C@H](C(C)C)NC1=O. The Hall–Kier alpha value is -9.79. The van der Waals surface area contributed by atoms with Crippen LogP contribution in [0.1, 0.15) is 173 Å². The van der Waals surface area contributed by atoms with Crippen LogP contribution in [0.5, 0.6) is 0 Å². The normalized spacial score (nSPS) is 22.1. The summed E-state index contributed by atoms with van der Waals surface area (Å²) in [5.41, 5.74) is 5.67. The number of allylic oxidation sites excluding steroid dienone is 1. The molecule has 0 bridgehead atoms. The van der Waals surface area contributed by atoms with Crippen LogP contribution in [0, 0.1) is 41.4 Å². The van der Waals surface area contributed by atoms with Crippen molar-refractivity contribution in [2.75, 3.05) is 13.1 Å². The molecule has 16 atom stereocenters. The van der Waals surface area contributed by atoms with E-state index in [1.54, 1.807) is 127 Å². The Morgan fingerprint density at radius 3 is 1.70 bits per heavy atom. The van der Waals surface area contributed by atoms with Gasteiger partial charge in [-0.05, 0) is 124 Å². The standard InChI is InChI=1S/C78H117F3N14O16/c1-18-44(14)61(73(106)94-64-47(17)111-77(110)60(43(12)13)90-65(98)51(20-3)83-67(100)53(38-49-26-22-21-23-27-49)85-69(102)57(40(6)7)87-72(105)62(45(15)19-2)92-75(64)108)91-66(99)52(28-24-36-82)84-68(101)54-29-25-37-95(54)76(109)59(42(10)11)89-71(104)58(41(8)9)88-74(107)63(46(16)96)93-70(103)56(39(4)5)86-55(97)35-32-48-30-33-50(34-31-48)78(79,80)81/h20-23,26-27,30-35,39-47,52-54,56-64,96H,18-19,24-25,28-29,36-38,82H2,1-17H3,(H,83,100)(H,84,101)(H,85,102)(H,86,97)(H,87,105)(H,88,107)(H,89,104)(H,90,98)(H,91,99)(H,92,108)(H,93,103)(H,94,106)/b35-32+,51-20-/t44-,45-,46-,47+,52+,53+,54-,56-,57-,58+,59-,60+,61-,62-,63+,64-/m1/s1. The minimum Gasteiger partial charge on any atom is -0.458 e. The summed E-state index contributed by atoms with van der Waals surface area (Å²) in [5.74, 6) is -17.0. The molecule has 4 rings (SSSR count). The van der Waals surface area contributed by atoms with Crippen LogP contribution in [0.4, 0.5) is 13.2 Å². The number of amides is 13. The van der Waals surface area contributed by atoms with E-state index in [4.69, 9.17) is 10.5 Å². The third-order valence-corrected chi connectivity index (χ3v) is 19.7. The quantitative estimate of drug-likeness (QED) is 0.0381. The van der Waals surface area contributed by atoms with Gasteiger partial charge in [-0.2, -0.15) is 13.2 Å². The van der Waals surface area contributed by atoms with E-state index in [1.165, 1.54) is 37.8 Å². The second-order valence-corrected chi connectivity index (χ2v) is 30.3. The topological polar surface area (TPSA) is 442 Å². The lowest BCUT2D eigenvalue weighted by Crippen LogP contribution is -2.64. The van der Waals surface area contributed by atoms with Crippen LogP contribution >= 0.6 is 0 Å². The van der Waals surface area contributed by atoms with Crippen molar-refractivity contribution in [2.24, 2.45) is 47.2 Å². The molecule has 2 aliphatic heterocycles. The molecular formula is C78H117F3N14O16. The fourth-order valence-electron chi connectivity index (χ4n) is 12.4. The average molecular weight is 1560 g/mol. The number of esters is 1. The Morgan fingerprint density at radius 2 is 1.17 bits per heavy atom. The summed E-state index contributed by atoms with van der Waals surface area (Å²) in [6.07, 6.45) is -3.26. The Kier molecular flexibility index (Phi) is 36.9. The monoisotopic (exact) mass is 1560 g/mol. The van der Waals surface area contributed by atoms with Crippen molar-refractivity contribution in [1.29, 1.82) is 0 Å². The van der Waals surface area contributed by atoms with Gasteiger partial charge in [-0.25, -0.2) is 4.79 Å². The van der Waals surface area contributed by atoms with E-state index in [9.17, 15) is 75.8 Å². The van der Waals surface area contributed by atoms with Crippen molar-refractivity contribution in [3.05, 3.63) is 89.1 Å². The first-order valence-corrected chi connectivity index (χ1v) is 38.1. The van der Waals surface area contributed by atoms with E-state index in [2.05, 4.69) is 63.8 Å². The third-order valence-electron chi connectivity index (χ3n) is 19.7. The van der Waals surface area contributed by atoms with Gasteiger partial charge in [0.25, 0.3) is 5.91 Å². The van der Waals surface area contributed by atoms with Gasteiger partial charge >= 0.3 is 12.1 Å². The predicted molar refractivity (Wildman–Crippen MR) is 407 cm³/mol. The highest BCUT2D eigenvalue weighted by atomic mass is 19.4. The fourth-order valence-corrected chi connectivity index (χ4v) is 12.4. The number of alkyl halides is 3. The fraction of sp³-hybridized carbons (Fsp3) is 0.615. The van der Waals surface area contributed by atoms with Gasteiger partial charge in [0.2, 0.25) is 70.9 Å².